The van der Waals surface area contributed by atoms with Crippen molar-refractivity contribution in [3.8, 4) is 0 Å². The summed E-state index contributed by atoms with van der Waals surface area (Å²) in [6, 6.07) is 4.45. The largest absolute Gasteiger partial charge is 0.338 e. The lowest BCUT2D eigenvalue weighted by molar-refractivity contribution is -0.127. The molecule has 0 radical (unpaired) electrons. The van der Waals surface area contributed by atoms with Gasteiger partial charge < -0.3 is 9.80 Å². The predicted octanol–water partition coefficient (Wildman–Crippen LogP) is 2.41. The lowest BCUT2D eigenvalue weighted by Gasteiger charge is -2.38. The maximum atomic E-state index is 13.8. The normalized spacial score (nSPS) is 19.0. The number of halogens is 2. The van der Waals surface area contributed by atoms with Gasteiger partial charge in [-0.25, -0.2) is 9.37 Å². The molecule has 0 aliphatic carbocycles. The van der Waals surface area contributed by atoms with Crippen LogP contribution in [0.1, 0.15) is 29.6 Å². The zero-order valence-corrected chi connectivity index (χ0v) is 14.6. The van der Waals surface area contributed by atoms with E-state index in [1.54, 1.807) is 23.4 Å². The van der Waals surface area contributed by atoms with Crippen molar-refractivity contribution in [3.63, 3.8) is 0 Å². The van der Waals surface area contributed by atoms with Gasteiger partial charge in [-0.3, -0.25) is 14.6 Å². The molecule has 0 N–H and O–H groups in total. The van der Waals surface area contributed by atoms with Gasteiger partial charge in [-0.2, -0.15) is 4.39 Å². The maximum Gasteiger partial charge on any atom is 0.257 e. The number of hydrogen-bond donors (Lipinski definition) is 0. The SMILES string of the molecule is O=C(c1cc(F)ncc1F)N1CCC2(CC1)CCN(c1cccnc1)C2=O. The Balaban J connectivity index is 1.47. The van der Waals surface area contributed by atoms with Gasteiger partial charge in [0, 0.05) is 31.9 Å². The average molecular weight is 372 g/mol. The van der Waals surface area contributed by atoms with E-state index in [-0.39, 0.29) is 11.5 Å². The molecule has 140 valence electrons. The molecule has 0 aromatic carbocycles. The van der Waals surface area contributed by atoms with E-state index in [1.165, 1.54) is 4.90 Å². The summed E-state index contributed by atoms with van der Waals surface area (Å²) < 4.78 is 27.1. The second-order valence-corrected chi connectivity index (χ2v) is 6.98. The molecule has 0 unspecified atom stereocenters. The molecule has 8 heteroatoms. The lowest BCUT2D eigenvalue weighted by Crippen LogP contribution is -2.46. The number of aromatic nitrogens is 2. The first-order valence-electron chi connectivity index (χ1n) is 8.82. The van der Waals surface area contributed by atoms with Crippen LogP contribution >= 0.6 is 0 Å². The molecule has 0 saturated carbocycles. The van der Waals surface area contributed by atoms with Gasteiger partial charge in [-0.05, 0) is 31.4 Å². The number of carbonyl (C=O) groups excluding carboxylic acids is 2. The van der Waals surface area contributed by atoms with E-state index in [0.717, 1.165) is 11.8 Å². The molecule has 2 fully saturated rings. The van der Waals surface area contributed by atoms with Crippen LogP contribution in [0.15, 0.2) is 36.8 Å². The second-order valence-electron chi connectivity index (χ2n) is 6.98. The summed E-state index contributed by atoms with van der Waals surface area (Å²) in [5, 5.41) is 0. The Hall–Kier alpha value is -2.90. The standard InChI is InChI=1S/C19H18F2N4O2/c20-15-12-23-16(21)10-14(15)17(26)24-7-3-19(4-8-24)5-9-25(18(19)27)13-2-1-6-22-11-13/h1-2,6,10-12H,3-5,7-9H2. The second kappa shape index (κ2) is 6.68. The summed E-state index contributed by atoms with van der Waals surface area (Å²) in [5.41, 5.74) is -0.0605. The Kier molecular flexibility index (Phi) is 4.33. The third kappa shape index (κ3) is 3.05. The minimum atomic E-state index is -0.897. The van der Waals surface area contributed by atoms with Crippen molar-refractivity contribution >= 4 is 17.5 Å². The number of piperidine rings is 1. The quantitative estimate of drug-likeness (QED) is 0.760. The van der Waals surface area contributed by atoms with Crippen LogP contribution in [-0.2, 0) is 4.79 Å². The van der Waals surface area contributed by atoms with Crippen molar-refractivity contribution in [3.05, 3.63) is 54.1 Å². The van der Waals surface area contributed by atoms with E-state index < -0.39 is 23.1 Å². The molecule has 6 nitrogen and oxygen atoms in total. The van der Waals surface area contributed by atoms with Crippen molar-refractivity contribution in [2.75, 3.05) is 24.5 Å². The van der Waals surface area contributed by atoms with Crippen LogP contribution in [0, 0.1) is 17.2 Å². The average Bonchev–Trinajstić information content (AvgIpc) is 3.00. The summed E-state index contributed by atoms with van der Waals surface area (Å²) in [6.07, 6.45) is 5.75. The van der Waals surface area contributed by atoms with Gasteiger partial charge in [0.1, 0.15) is 0 Å². The Morgan fingerprint density at radius 1 is 1.11 bits per heavy atom. The molecule has 1 spiro atoms. The fourth-order valence-electron chi connectivity index (χ4n) is 3.93. The predicted molar refractivity (Wildman–Crippen MR) is 92.9 cm³/mol. The first kappa shape index (κ1) is 17.5. The summed E-state index contributed by atoms with van der Waals surface area (Å²) in [4.78, 5) is 36.0. The van der Waals surface area contributed by atoms with E-state index in [1.807, 2.05) is 6.07 Å². The number of nitrogens with zero attached hydrogens (tertiary/aromatic N) is 4. The van der Waals surface area contributed by atoms with Crippen molar-refractivity contribution in [2.45, 2.75) is 19.3 Å². The summed E-state index contributed by atoms with van der Waals surface area (Å²) in [7, 11) is 0. The molecule has 27 heavy (non-hydrogen) atoms. The number of hydrogen-bond acceptors (Lipinski definition) is 4. The topological polar surface area (TPSA) is 66.4 Å². The van der Waals surface area contributed by atoms with Crippen LogP contribution in [0.4, 0.5) is 14.5 Å². The Morgan fingerprint density at radius 3 is 2.56 bits per heavy atom. The number of rotatable bonds is 2. The monoisotopic (exact) mass is 372 g/mol. The van der Waals surface area contributed by atoms with Crippen LogP contribution in [0.5, 0.6) is 0 Å². The zero-order valence-electron chi connectivity index (χ0n) is 14.6. The van der Waals surface area contributed by atoms with Crippen molar-refractivity contribution in [1.82, 2.24) is 14.9 Å². The molecular weight excluding hydrogens is 354 g/mol. The van der Waals surface area contributed by atoms with Gasteiger partial charge >= 0.3 is 0 Å². The van der Waals surface area contributed by atoms with E-state index in [4.69, 9.17) is 0 Å². The van der Waals surface area contributed by atoms with Crippen LogP contribution in [0.2, 0.25) is 0 Å². The fraction of sp³-hybridized carbons (Fsp3) is 0.368. The van der Waals surface area contributed by atoms with Gasteiger partial charge in [0.25, 0.3) is 5.91 Å². The molecule has 2 aromatic rings. The minimum Gasteiger partial charge on any atom is -0.338 e. The maximum absolute atomic E-state index is 13.8. The highest BCUT2D eigenvalue weighted by Gasteiger charge is 2.49. The Morgan fingerprint density at radius 2 is 1.85 bits per heavy atom. The van der Waals surface area contributed by atoms with Crippen molar-refractivity contribution < 1.29 is 18.4 Å². The third-order valence-corrected chi connectivity index (χ3v) is 5.53. The van der Waals surface area contributed by atoms with Gasteiger partial charge in [-0.1, -0.05) is 0 Å². The van der Waals surface area contributed by atoms with E-state index in [0.29, 0.717) is 45.1 Å². The molecule has 2 aromatic heterocycles. The van der Waals surface area contributed by atoms with Gasteiger partial charge in [0.2, 0.25) is 11.9 Å². The summed E-state index contributed by atoms with van der Waals surface area (Å²) in [5.74, 6) is -2.27. The summed E-state index contributed by atoms with van der Waals surface area (Å²) >= 11 is 0. The van der Waals surface area contributed by atoms with Gasteiger partial charge in [0.05, 0.1) is 29.1 Å². The zero-order chi connectivity index (χ0) is 19.0. The van der Waals surface area contributed by atoms with E-state index >= 15 is 0 Å². The summed E-state index contributed by atoms with van der Waals surface area (Å²) in [6.45, 7) is 1.27. The number of carbonyl (C=O) groups is 2. The lowest BCUT2D eigenvalue weighted by atomic mass is 9.77. The van der Waals surface area contributed by atoms with Crippen LogP contribution in [0.25, 0.3) is 0 Å². The smallest absolute Gasteiger partial charge is 0.257 e. The van der Waals surface area contributed by atoms with Crippen molar-refractivity contribution in [2.24, 2.45) is 5.41 Å². The Labute approximate surface area is 154 Å². The number of amides is 2. The molecule has 2 saturated heterocycles. The number of anilines is 1. The fourth-order valence-corrected chi connectivity index (χ4v) is 3.93. The van der Waals surface area contributed by atoms with E-state index in [9.17, 15) is 18.4 Å². The van der Waals surface area contributed by atoms with E-state index in [2.05, 4.69) is 9.97 Å². The highest BCUT2D eigenvalue weighted by Crippen LogP contribution is 2.43. The highest BCUT2D eigenvalue weighted by molar-refractivity contribution is 6.00. The third-order valence-electron chi connectivity index (χ3n) is 5.53. The number of pyridine rings is 2. The molecule has 4 rings (SSSR count). The first-order valence-corrected chi connectivity index (χ1v) is 8.82. The Bertz CT molecular complexity index is 883. The van der Waals surface area contributed by atoms with Gasteiger partial charge in [0.15, 0.2) is 5.82 Å². The molecular formula is C19H18F2N4O2. The van der Waals surface area contributed by atoms with Crippen LogP contribution in [0.3, 0.4) is 0 Å². The van der Waals surface area contributed by atoms with Gasteiger partial charge in [-0.15, -0.1) is 0 Å². The molecule has 0 atom stereocenters. The van der Waals surface area contributed by atoms with Crippen molar-refractivity contribution in [1.29, 1.82) is 0 Å². The minimum absolute atomic E-state index is 0.0451. The molecule has 2 amide bonds. The molecule has 2 aliphatic heterocycles. The first-order chi connectivity index (χ1) is 13.0. The van der Waals surface area contributed by atoms with Crippen LogP contribution < -0.4 is 4.90 Å². The molecule has 4 heterocycles. The molecule has 2 aliphatic rings. The number of likely N-dealkylation sites (tertiary alicyclic amines) is 1. The highest BCUT2D eigenvalue weighted by atomic mass is 19.1. The molecule has 0 bridgehead atoms. The van der Waals surface area contributed by atoms with Crippen LogP contribution in [-0.4, -0.2) is 46.3 Å².